The second kappa shape index (κ2) is 2.62. The van der Waals surface area contributed by atoms with Crippen molar-refractivity contribution in [2.24, 2.45) is 7.05 Å². The molecule has 0 aliphatic heterocycles. The van der Waals surface area contributed by atoms with Crippen molar-refractivity contribution < 1.29 is 9.88 Å². The van der Waals surface area contributed by atoms with E-state index in [2.05, 4.69) is 4.98 Å². The predicted octanol–water partition coefficient (Wildman–Crippen LogP) is -1.98. The Morgan fingerprint density at radius 1 is 1.70 bits per heavy atom. The number of nitrogens with two attached hydrogens (primary N) is 1. The lowest BCUT2D eigenvalue weighted by molar-refractivity contribution is -0.690. The van der Waals surface area contributed by atoms with Gasteiger partial charge in [0, 0.05) is 0 Å². The Balaban J connectivity index is 3.17. The van der Waals surface area contributed by atoms with Gasteiger partial charge in [0.15, 0.2) is 0 Å². The standard InChI is InChI=1S/C6H9N3O/c1-7-5-3-4-9(2)6(10)8-5/h3-4H,1-2H3,(H,7,8,10)/p+2. The third-order valence-corrected chi connectivity index (χ3v) is 1.36. The Morgan fingerprint density at radius 3 is 2.90 bits per heavy atom. The maximum Gasteiger partial charge on any atom is 0.500 e. The van der Waals surface area contributed by atoms with Crippen molar-refractivity contribution in [2.45, 2.75) is 0 Å². The molecule has 0 spiro atoms. The van der Waals surface area contributed by atoms with Gasteiger partial charge in [0.1, 0.15) is 6.20 Å². The summed E-state index contributed by atoms with van der Waals surface area (Å²) < 4.78 is 1.49. The van der Waals surface area contributed by atoms with Gasteiger partial charge in [-0.2, -0.15) is 9.78 Å². The van der Waals surface area contributed by atoms with Gasteiger partial charge < -0.3 is 0 Å². The molecule has 4 nitrogen and oxygen atoms in total. The van der Waals surface area contributed by atoms with Crippen LogP contribution in [0.2, 0.25) is 0 Å². The fourth-order valence-corrected chi connectivity index (χ4v) is 0.682. The van der Waals surface area contributed by atoms with Gasteiger partial charge in [-0.15, -0.1) is 0 Å². The zero-order chi connectivity index (χ0) is 7.56. The quantitative estimate of drug-likeness (QED) is 0.438. The van der Waals surface area contributed by atoms with E-state index in [0.717, 1.165) is 5.82 Å². The fourth-order valence-electron chi connectivity index (χ4n) is 0.682. The summed E-state index contributed by atoms with van der Waals surface area (Å²) in [5.41, 5.74) is -0.0874. The molecule has 1 heterocycles. The highest BCUT2D eigenvalue weighted by Gasteiger charge is 2.02. The van der Waals surface area contributed by atoms with Gasteiger partial charge in [-0.25, -0.2) is 4.57 Å². The summed E-state index contributed by atoms with van der Waals surface area (Å²) >= 11 is 0. The monoisotopic (exact) mass is 141 g/mol. The highest BCUT2D eigenvalue weighted by Crippen LogP contribution is 1.79. The SMILES string of the molecule is C[NH2+]c1cc[n+](C)c(=O)[nH]1. The highest BCUT2D eigenvalue weighted by molar-refractivity contribution is 5.08. The molecule has 54 valence electrons. The molecule has 0 aliphatic rings. The van der Waals surface area contributed by atoms with Crippen LogP contribution >= 0.6 is 0 Å². The number of aromatic amines is 1. The van der Waals surface area contributed by atoms with E-state index in [1.54, 1.807) is 13.2 Å². The summed E-state index contributed by atoms with van der Waals surface area (Å²) in [4.78, 5) is 13.6. The molecule has 10 heavy (non-hydrogen) atoms. The van der Waals surface area contributed by atoms with E-state index in [1.807, 2.05) is 18.4 Å². The van der Waals surface area contributed by atoms with Gasteiger partial charge in [-0.05, 0) is 0 Å². The Bertz CT molecular complexity index is 279. The fraction of sp³-hybridized carbons (Fsp3) is 0.333. The van der Waals surface area contributed by atoms with Gasteiger partial charge in [0.05, 0.1) is 20.2 Å². The summed E-state index contributed by atoms with van der Waals surface area (Å²) in [5, 5.41) is 1.85. The molecule has 4 heteroatoms. The Kier molecular flexibility index (Phi) is 1.82. The molecule has 0 aromatic carbocycles. The first kappa shape index (κ1) is 6.95. The third-order valence-electron chi connectivity index (χ3n) is 1.36. The average molecular weight is 141 g/mol. The molecule has 0 bridgehead atoms. The molecule has 1 aromatic heterocycles. The van der Waals surface area contributed by atoms with Gasteiger partial charge in [0.25, 0.3) is 5.82 Å². The summed E-state index contributed by atoms with van der Waals surface area (Å²) in [5.74, 6) is 0.850. The number of nitrogens with one attached hydrogen (secondary N) is 1. The average Bonchev–Trinajstić information content (AvgIpc) is 1.95. The van der Waals surface area contributed by atoms with Crippen LogP contribution in [-0.2, 0) is 7.05 Å². The molecule has 1 aromatic rings. The molecule has 0 fully saturated rings. The van der Waals surface area contributed by atoms with Crippen LogP contribution in [0.1, 0.15) is 0 Å². The van der Waals surface area contributed by atoms with Crippen LogP contribution in [0.15, 0.2) is 17.1 Å². The minimum Gasteiger partial charge on any atom is -0.281 e. The largest absolute Gasteiger partial charge is 0.500 e. The topological polar surface area (TPSA) is 53.4 Å². The van der Waals surface area contributed by atoms with Crippen LogP contribution < -0.4 is 15.6 Å². The van der Waals surface area contributed by atoms with Crippen molar-refractivity contribution in [3.05, 3.63) is 22.7 Å². The maximum absolute atomic E-state index is 10.9. The van der Waals surface area contributed by atoms with Crippen LogP contribution in [0.4, 0.5) is 5.82 Å². The van der Waals surface area contributed by atoms with Crippen molar-refractivity contribution in [2.75, 3.05) is 7.05 Å². The Labute approximate surface area is 58.5 Å². The molecule has 0 atom stereocenters. The third kappa shape index (κ3) is 1.22. The van der Waals surface area contributed by atoms with Crippen LogP contribution in [0.5, 0.6) is 0 Å². The zero-order valence-corrected chi connectivity index (χ0v) is 6.09. The summed E-state index contributed by atoms with van der Waals surface area (Å²) in [6.45, 7) is 0. The maximum atomic E-state index is 10.9. The minimum atomic E-state index is -0.0874. The predicted molar refractivity (Wildman–Crippen MR) is 35.7 cm³/mol. The number of aromatic nitrogens is 2. The van der Waals surface area contributed by atoms with E-state index < -0.39 is 0 Å². The van der Waals surface area contributed by atoms with Crippen LogP contribution in [0, 0.1) is 0 Å². The smallest absolute Gasteiger partial charge is 0.281 e. The number of rotatable bonds is 1. The molecule has 0 unspecified atom stereocenters. The van der Waals surface area contributed by atoms with E-state index in [-0.39, 0.29) is 5.69 Å². The summed E-state index contributed by atoms with van der Waals surface area (Å²) in [6.07, 6.45) is 1.73. The first-order chi connectivity index (χ1) is 4.74. The van der Waals surface area contributed by atoms with Crippen molar-refractivity contribution in [3.8, 4) is 0 Å². The van der Waals surface area contributed by atoms with E-state index in [0.29, 0.717) is 0 Å². The van der Waals surface area contributed by atoms with E-state index >= 15 is 0 Å². The first-order valence-electron chi connectivity index (χ1n) is 3.12. The van der Waals surface area contributed by atoms with E-state index in [9.17, 15) is 4.79 Å². The number of nitrogens with zero attached hydrogens (tertiary/aromatic N) is 1. The zero-order valence-electron chi connectivity index (χ0n) is 6.09. The molecule has 0 amide bonds. The van der Waals surface area contributed by atoms with E-state index in [1.165, 1.54) is 4.57 Å². The van der Waals surface area contributed by atoms with Crippen molar-refractivity contribution in [1.82, 2.24) is 4.98 Å². The number of hydrogen-bond donors (Lipinski definition) is 2. The highest BCUT2D eigenvalue weighted by atomic mass is 16.1. The Hall–Kier alpha value is -1.16. The van der Waals surface area contributed by atoms with Crippen LogP contribution in [0.3, 0.4) is 0 Å². The number of H-pyrrole nitrogens is 1. The van der Waals surface area contributed by atoms with Crippen molar-refractivity contribution in [3.63, 3.8) is 0 Å². The molecule has 3 N–H and O–H groups in total. The van der Waals surface area contributed by atoms with Gasteiger partial charge in [-0.3, -0.25) is 5.32 Å². The van der Waals surface area contributed by atoms with Crippen molar-refractivity contribution >= 4 is 5.82 Å². The molecule has 0 saturated heterocycles. The lowest BCUT2D eigenvalue weighted by Crippen LogP contribution is -2.74. The van der Waals surface area contributed by atoms with E-state index in [4.69, 9.17) is 0 Å². The number of hydrogen-bond acceptors (Lipinski definition) is 1. The summed E-state index contributed by atoms with van der Waals surface area (Å²) in [7, 11) is 3.59. The Morgan fingerprint density at radius 2 is 2.40 bits per heavy atom. The normalized spacial score (nSPS) is 9.80. The van der Waals surface area contributed by atoms with Gasteiger partial charge in [0.2, 0.25) is 0 Å². The second-order valence-corrected chi connectivity index (χ2v) is 2.10. The molecular weight excluding hydrogens is 130 g/mol. The van der Waals surface area contributed by atoms with Crippen LogP contribution in [0.25, 0.3) is 0 Å². The molecular formula is C6H11N3O+2. The molecule has 1 rings (SSSR count). The lowest BCUT2D eigenvalue weighted by Gasteiger charge is -1.87. The summed E-state index contributed by atoms with van der Waals surface area (Å²) in [6, 6.07) is 1.85. The van der Waals surface area contributed by atoms with Crippen molar-refractivity contribution in [1.29, 1.82) is 0 Å². The molecule has 0 saturated carbocycles. The minimum absolute atomic E-state index is 0.0874. The molecule has 0 aliphatic carbocycles. The molecule has 0 radical (unpaired) electrons. The van der Waals surface area contributed by atoms with Crippen LogP contribution in [-0.4, -0.2) is 12.0 Å². The van der Waals surface area contributed by atoms with Gasteiger partial charge >= 0.3 is 5.69 Å². The first-order valence-corrected chi connectivity index (χ1v) is 3.12. The number of quaternary nitrogens is 1. The number of aryl methyl sites for hydroxylation is 1. The van der Waals surface area contributed by atoms with Gasteiger partial charge in [-0.1, -0.05) is 0 Å². The second-order valence-electron chi connectivity index (χ2n) is 2.10. The lowest BCUT2D eigenvalue weighted by atomic mass is 10.6.